The van der Waals surface area contributed by atoms with Gasteiger partial charge in [0.1, 0.15) is 0 Å². The van der Waals surface area contributed by atoms with Gasteiger partial charge in [-0.1, -0.05) is 36.4 Å². The first-order valence-corrected chi connectivity index (χ1v) is 7.20. The van der Waals surface area contributed by atoms with Crippen LogP contribution in [-0.2, 0) is 16.5 Å². The van der Waals surface area contributed by atoms with Gasteiger partial charge in [0.05, 0.1) is 4.90 Å². The van der Waals surface area contributed by atoms with Crippen molar-refractivity contribution in [1.82, 2.24) is 0 Å². The molecule has 0 heterocycles. The van der Waals surface area contributed by atoms with E-state index in [4.69, 9.17) is 5.53 Å². The van der Waals surface area contributed by atoms with Crippen LogP contribution in [0.25, 0.3) is 16.7 Å². The molecule has 1 aliphatic carbocycles. The van der Waals surface area contributed by atoms with Gasteiger partial charge in [0.15, 0.2) is 0 Å². The van der Waals surface area contributed by atoms with Crippen LogP contribution in [0.2, 0.25) is 0 Å². The fraction of sp³-hybridized carbons (Fsp3) is 0.0714. The van der Waals surface area contributed by atoms with E-state index >= 15 is 0 Å². The third-order valence-corrected chi connectivity index (χ3v) is 4.02. The third kappa shape index (κ3) is 2.53. The minimum atomic E-state index is -4.15. The zero-order valence-electron chi connectivity index (χ0n) is 10.5. The Kier molecular flexibility index (Phi) is 3.81. The fourth-order valence-electron chi connectivity index (χ4n) is 2.37. The molecule has 1 N–H and O–H groups in total. The standard InChI is InChI=1S/C13H10O3S.CH2N2/c14-17(15,16)13-7-3-6-11-10-5-2-1-4-9(10)8-12(11)13;1-3-2/h1-7H,8H2,(H,14,15,16);1H2. The summed E-state index contributed by atoms with van der Waals surface area (Å²) in [6.45, 7) is 2.67. The van der Waals surface area contributed by atoms with E-state index in [-0.39, 0.29) is 4.90 Å². The normalized spacial score (nSPS) is 11.7. The van der Waals surface area contributed by atoms with Gasteiger partial charge >= 0.3 is 0 Å². The highest BCUT2D eigenvalue weighted by atomic mass is 32.2. The summed E-state index contributed by atoms with van der Waals surface area (Å²) in [6.07, 6.45) is 0.557. The summed E-state index contributed by atoms with van der Waals surface area (Å²) in [4.78, 5) is 2.27. The van der Waals surface area contributed by atoms with Crippen molar-refractivity contribution >= 4 is 16.8 Å². The Morgan fingerprint density at radius 3 is 2.35 bits per heavy atom. The lowest BCUT2D eigenvalue weighted by Crippen LogP contribution is -2.02. The molecule has 2 aromatic carbocycles. The summed E-state index contributed by atoms with van der Waals surface area (Å²) >= 11 is 0. The van der Waals surface area contributed by atoms with Crippen LogP contribution >= 0.6 is 0 Å². The van der Waals surface area contributed by atoms with Crippen molar-refractivity contribution in [3.8, 4) is 11.1 Å². The smallest absolute Gasteiger partial charge is 0.294 e. The summed E-state index contributed by atoms with van der Waals surface area (Å²) in [6, 6.07) is 12.8. The second kappa shape index (κ2) is 5.38. The first-order chi connectivity index (χ1) is 9.49. The maximum Gasteiger partial charge on any atom is 0.294 e. The molecule has 0 radical (unpaired) electrons. The van der Waals surface area contributed by atoms with E-state index in [9.17, 15) is 13.0 Å². The van der Waals surface area contributed by atoms with Crippen molar-refractivity contribution in [1.29, 1.82) is 0 Å². The lowest BCUT2D eigenvalue weighted by Gasteiger charge is -2.04. The Balaban J connectivity index is 0.000000452. The molecule has 0 unspecified atom stereocenters. The Morgan fingerprint density at radius 2 is 1.70 bits per heavy atom. The van der Waals surface area contributed by atoms with Crippen molar-refractivity contribution < 1.29 is 17.8 Å². The second-order valence-corrected chi connectivity index (χ2v) is 5.62. The van der Waals surface area contributed by atoms with Gasteiger partial charge < -0.3 is 5.53 Å². The minimum absolute atomic E-state index is 0.0196. The van der Waals surface area contributed by atoms with E-state index < -0.39 is 10.1 Å². The molecule has 6 heteroatoms. The largest absolute Gasteiger partial charge is 0.362 e. The van der Waals surface area contributed by atoms with E-state index in [1.165, 1.54) is 6.07 Å². The Labute approximate surface area is 116 Å². The topological polar surface area (TPSA) is 90.8 Å². The van der Waals surface area contributed by atoms with E-state index in [2.05, 4.69) is 11.5 Å². The number of fused-ring (bicyclic) bond motifs is 3. The Morgan fingerprint density at radius 1 is 1.10 bits per heavy atom. The third-order valence-electron chi connectivity index (χ3n) is 3.09. The highest BCUT2D eigenvalue weighted by Crippen LogP contribution is 2.39. The number of hydrogen-bond donors (Lipinski definition) is 1. The fourth-order valence-corrected chi connectivity index (χ4v) is 3.11. The van der Waals surface area contributed by atoms with Gasteiger partial charge in [-0.05, 0) is 28.3 Å². The molecule has 0 bridgehead atoms. The summed E-state index contributed by atoms with van der Waals surface area (Å²) in [5.41, 5.74) is 10.8. The number of rotatable bonds is 1. The molecule has 102 valence electrons. The highest BCUT2D eigenvalue weighted by Gasteiger charge is 2.24. The van der Waals surface area contributed by atoms with Gasteiger partial charge in [0, 0.05) is 6.42 Å². The van der Waals surface area contributed by atoms with Crippen LogP contribution < -0.4 is 0 Å². The summed E-state index contributed by atoms with van der Waals surface area (Å²) in [5, 5.41) is 0. The number of nitrogens with zero attached hydrogens (tertiary/aromatic N) is 2. The molecular formula is C14H12N2O3S. The first-order valence-electron chi connectivity index (χ1n) is 5.76. The van der Waals surface area contributed by atoms with Gasteiger partial charge in [0.2, 0.25) is 6.72 Å². The zero-order chi connectivity index (χ0) is 14.8. The average Bonchev–Trinajstić information content (AvgIpc) is 2.76. The molecule has 5 nitrogen and oxygen atoms in total. The monoisotopic (exact) mass is 288 g/mol. The lowest BCUT2D eigenvalue weighted by molar-refractivity contribution is 0.0110. The lowest BCUT2D eigenvalue weighted by atomic mass is 10.1. The zero-order valence-corrected chi connectivity index (χ0v) is 11.3. The van der Waals surface area contributed by atoms with Crippen LogP contribution in [0.15, 0.2) is 47.4 Å². The van der Waals surface area contributed by atoms with Crippen LogP contribution in [0.4, 0.5) is 0 Å². The van der Waals surface area contributed by atoms with Crippen LogP contribution in [0.3, 0.4) is 0 Å². The first kappa shape index (κ1) is 14.1. The minimum Gasteiger partial charge on any atom is -0.362 e. The SMILES string of the molecule is C=[N+]=[N-].O=S(=O)(O)c1cccc2c1Cc1ccccc1-2. The van der Waals surface area contributed by atoms with Crippen molar-refractivity contribution in [3.05, 3.63) is 59.1 Å². The highest BCUT2D eigenvalue weighted by molar-refractivity contribution is 7.85. The van der Waals surface area contributed by atoms with E-state index in [0.29, 0.717) is 12.0 Å². The van der Waals surface area contributed by atoms with Gasteiger partial charge in [-0.3, -0.25) is 4.55 Å². The summed E-state index contributed by atoms with van der Waals surface area (Å²) < 4.78 is 31.8. The Hall–Kier alpha value is -2.27. The maximum absolute atomic E-state index is 11.3. The van der Waals surface area contributed by atoms with Crippen LogP contribution in [0, 0.1) is 0 Å². The molecule has 2 aromatic rings. The molecule has 20 heavy (non-hydrogen) atoms. The molecular weight excluding hydrogens is 276 g/mol. The number of hydrogen-bond acceptors (Lipinski definition) is 2. The molecule has 0 aromatic heterocycles. The van der Waals surface area contributed by atoms with Crippen molar-refractivity contribution in [3.63, 3.8) is 0 Å². The van der Waals surface area contributed by atoms with Gasteiger partial charge in [-0.2, -0.15) is 13.2 Å². The summed E-state index contributed by atoms with van der Waals surface area (Å²) in [5.74, 6) is 0. The molecule has 0 aliphatic heterocycles. The van der Waals surface area contributed by atoms with Gasteiger partial charge in [-0.15, -0.1) is 0 Å². The van der Waals surface area contributed by atoms with Crippen LogP contribution in [-0.4, -0.2) is 24.5 Å². The Bertz CT molecular complexity index is 792. The molecule has 0 atom stereocenters. The van der Waals surface area contributed by atoms with E-state index in [1.807, 2.05) is 30.3 Å². The van der Waals surface area contributed by atoms with Gasteiger partial charge in [0.25, 0.3) is 10.1 Å². The average molecular weight is 288 g/mol. The molecule has 0 fully saturated rings. The van der Waals surface area contributed by atoms with E-state index in [1.54, 1.807) is 6.07 Å². The predicted molar refractivity (Wildman–Crippen MR) is 75.2 cm³/mol. The molecule has 3 rings (SSSR count). The van der Waals surface area contributed by atoms with Crippen molar-refractivity contribution in [2.24, 2.45) is 0 Å². The molecule has 0 saturated carbocycles. The molecule has 0 amide bonds. The molecule has 1 aliphatic rings. The quantitative estimate of drug-likeness (QED) is 0.322. The second-order valence-electron chi connectivity index (χ2n) is 4.23. The maximum atomic E-state index is 11.3. The van der Waals surface area contributed by atoms with Crippen LogP contribution in [0.1, 0.15) is 11.1 Å². The molecule has 0 spiro atoms. The van der Waals surface area contributed by atoms with Gasteiger partial charge in [-0.25, -0.2) is 0 Å². The van der Waals surface area contributed by atoms with Crippen LogP contribution in [0.5, 0.6) is 0 Å². The molecule has 0 saturated heterocycles. The summed E-state index contributed by atoms with van der Waals surface area (Å²) in [7, 11) is -4.15. The predicted octanol–water partition coefficient (Wildman–Crippen LogP) is 2.42. The van der Waals surface area contributed by atoms with E-state index in [0.717, 1.165) is 16.7 Å². The van der Waals surface area contributed by atoms with Crippen molar-refractivity contribution in [2.45, 2.75) is 11.3 Å². The number of benzene rings is 2. The van der Waals surface area contributed by atoms with Crippen molar-refractivity contribution in [2.75, 3.05) is 0 Å².